The molecule has 6 nitrogen and oxygen atoms in total. The van der Waals surface area contributed by atoms with Gasteiger partial charge in [-0.2, -0.15) is 4.62 Å². The van der Waals surface area contributed by atoms with E-state index in [4.69, 9.17) is 15.5 Å². The van der Waals surface area contributed by atoms with Crippen LogP contribution in [0.3, 0.4) is 0 Å². The van der Waals surface area contributed by atoms with Crippen molar-refractivity contribution in [3.63, 3.8) is 0 Å². The van der Waals surface area contributed by atoms with Crippen LogP contribution in [0.5, 0.6) is 0 Å². The molecule has 0 spiro atoms. The van der Waals surface area contributed by atoms with Gasteiger partial charge in [0.2, 0.25) is 0 Å². The van der Waals surface area contributed by atoms with Crippen LogP contribution in [0.2, 0.25) is 0 Å². The van der Waals surface area contributed by atoms with E-state index in [9.17, 15) is 4.57 Å². The predicted octanol–water partition coefficient (Wildman–Crippen LogP) is -1.16. The van der Waals surface area contributed by atoms with Crippen LogP contribution in [0.25, 0.3) is 0 Å². The summed E-state index contributed by atoms with van der Waals surface area (Å²) in [6, 6.07) is 0. The zero-order valence-corrected chi connectivity index (χ0v) is 5.85. The molecule has 0 saturated carbocycles. The second-order valence-corrected chi connectivity index (χ2v) is 2.65. The lowest BCUT2D eigenvalue weighted by Gasteiger charge is -2.03. The first-order chi connectivity index (χ1) is 3.92. The van der Waals surface area contributed by atoms with Gasteiger partial charge in [-0.3, -0.25) is 0 Å². The van der Waals surface area contributed by atoms with Gasteiger partial charge < -0.3 is 15.5 Å². The van der Waals surface area contributed by atoms with Crippen molar-refractivity contribution in [1.82, 2.24) is 5.48 Å². The summed E-state index contributed by atoms with van der Waals surface area (Å²) in [5.41, 5.74) is 6.38. The van der Waals surface area contributed by atoms with Gasteiger partial charge in [-0.25, -0.2) is 10.0 Å². The van der Waals surface area contributed by atoms with Gasteiger partial charge in [0, 0.05) is 0 Å². The largest absolute Gasteiger partial charge is 0.491 e. The van der Waals surface area contributed by atoms with Crippen LogP contribution in [0, 0.1) is 0 Å². The van der Waals surface area contributed by atoms with Crippen LogP contribution >= 0.6 is 20.0 Å². The molecular weight excluding hydrogens is 167 g/mol. The van der Waals surface area contributed by atoms with Gasteiger partial charge in [0.25, 0.3) is 0 Å². The molecular formula is CH5N2O4PS. The third-order valence-electron chi connectivity index (χ3n) is 0.265. The molecule has 0 aromatic heterocycles. The highest BCUT2D eigenvalue weighted by molar-refractivity contribution is 7.80. The first-order valence-electron chi connectivity index (χ1n) is 1.71. The van der Waals surface area contributed by atoms with Crippen molar-refractivity contribution in [2.75, 3.05) is 0 Å². The predicted molar refractivity (Wildman–Crippen MR) is 33.1 cm³/mol. The van der Waals surface area contributed by atoms with Gasteiger partial charge in [-0.1, -0.05) is 0 Å². The molecule has 0 aliphatic heterocycles. The van der Waals surface area contributed by atoms with Crippen molar-refractivity contribution >= 4 is 25.2 Å². The Morgan fingerprint density at radius 3 is 2.33 bits per heavy atom. The summed E-state index contributed by atoms with van der Waals surface area (Å²) in [6.07, 6.45) is 0. The van der Waals surface area contributed by atoms with Gasteiger partial charge >= 0.3 is 7.82 Å². The number of hydrogen-bond donors (Lipinski definition) is 4. The second kappa shape index (κ2) is 3.09. The number of nitrogens with two attached hydrogens (primary N) is 1. The standard InChI is InChI=1S/CH5N2O4PS/c2-1(9)3-7-8(4,5)6/h(H3,2,3,9)(H2,4,5,6). The second-order valence-electron chi connectivity index (χ2n) is 1.05. The third kappa shape index (κ3) is 7.80. The van der Waals surface area contributed by atoms with E-state index in [2.05, 4.69) is 16.8 Å². The lowest BCUT2D eigenvalue weighted by atomic mass is 11.2. The highest BCUT2D eigenvalue weighted by Gasteiger charge is 2.13. The Hall–Kier alpha value is -0.200. The molecule has 0 rings (SSSR count). The normalized spacial score (nSPS) is 10.9. The molecule has 0 atom stereocenters. The zero-order valence-electron chi connectivity index (χ0n) is 4.14. The Morgan fingerprint density at radius 2 is 2.22 bits per heavy atom. The summed E-state index contributed by atoms with van der Waals surface area (Å²) < 4.78 is 13.5. The summed E-state index contributed by atoms with van der Waals surface area (Å²) in [7, 11) is -4.50. The van der Waals surface area contributed by atoms with Crippen LogP contribution in [-0.2, 0) is 9.19 Å². The average molecular weight is 172 g/mol. The monoisotopic (exact) mass is 172 g/mol. The van der Waals surface area contributed by atoms with Gasteiger partial charge in [0.05, 0.1) is 0 Å². The van der Waals surface area contributed by atoms with E-state index in [-0.39, 0.29) is 5.11 Å². The number of rotatable bonds is 2. The highest BCUT2D eigenvalue weighted by atomic mass is 32.1. The average Bonchev–Trinajstić information content (AvgIpc) is 1.59. The van der Waals surface area contributed by atoms with Crippen molar-refractivity contribution < 1.29 is 19.0 Å². The van der Waals surface area contributed by atoms with E-state index in [1.807, 2.05) is 0 Å². The smallest absolute Gasteiger partial charge is 0.375 e. The van der Waals surface area contributed by atoms with E-state index >= 15 is 0 Å². The minimum absolute atomic E-state index is 0.335. The number of hydrogen-bond acceptors (Lipinski definition) is 3. The van der Waals surface area contributed by atoms with Crippen LogP contribution in [0.1, 0.15) is 0 Å². The fourth-order valence-corrected chi connectivity index (χ4v) is 0.425. The Morgan fingerprint density at radius 1 is 1.78 bits per heavy atom. The minimum Gasteiger partial charge on any atom is -0.375 e. The maximum atomic E-state index is 9.83. The maximum Gasteiger partial charge on any atom is 0.491 e. The lowest BCUT2D eigenvalue weighted by Crippen LogP contribution is -2.27. The van der Waals surface area contributed by atoms with Crippen molar-refractivity contribution in [3.05, 3.63) is 0 Å². The molecule has 0 unspecified atom stereocenters. The fourth-order valence-electron chi connectivity index (χ4n) is 0.104. The molecule has 0 aliphatic carbocycles. The molecule has 0 heterocycles. The molecule has 0 aliphatic rings. The number of nitrogens with one attached hydrogen (secondary N) is 1. The van der Waals surface area contributed by atoms with Crippen LogP contribution in [0.4, 0.5) is 0 Å². The molecule has 0 bridgehead atoms. The van der Waals surface area contributed by atoms with Crippen LogP contribution in [-0.4, -0.2) is 14.9 Å². The SMILES string of the molecule is NC(=S)NOP(=O)(O)O. The minimum atomic E-state index is -4.50. The molecule has 5 N–H and O–H groups in total. The molecule has 0 radical (unpaired) electrons. The molecule has 9 heavy (non-hydrogen) atoms. The highest BCUT2D eigenvalue weighted by Crippen LogP contribution is 2.33. The molecule has 0 fully saturated rings. The third-order valence-corrected chi connectivity index (χ3v) is 0.678. The lowest BCUT2D eigenvalue weighted by molar-refractivity contribution is 0.164. The van der Waals surface area contributed by atoms with Crippen LogP contribution in [0.15, 0.2) is 0 Å². The quantitative estimate of drug-likeness (QED) is 0.236. The molecule has 54 valence electrons. The Kier molecular flexibility index (Phi) is 3.02. The number of hydroxylamine groups is 1. The molecule has 0 saturated heterocycles. The van der Waals surface area contributed by atoms with Gasteiger partial charge in [0.1, 0.15) is 0 Å². The van der Waals surface area contributed by atoms with E-state index in [1.54, 1.807) is 5.48 Å². The van der Waals surface area contributed by atoms with E-state index in [0.717, 1.165) is 0 Å². The Bertz CT molecular complexity index is 153. The Balaban J connectivity index is 3.53. The van der Waals surface area contributed by atoms with Crippen molar-refractivity contribution in [3.8, 4) is 0 Å². The van der Waals surface area contributed by atoms with Gasteiger partial charge in [-0.05, 0) is 12.2 Å². The summed E-state index contributed by atoms with van der Waals surface area (Å²) in [4.78, 5) is 16.0. The fraction of sp³-hybridized carbons (Fsp3) is 0. The molecule has 0 aromatic rings. The molecule has 0 aromatic carbocycles. The first kappa shape index (κ1) is 8.80. The van der Waals surface area contributed by atoms with Gasteiger partial charge in [0.15, 0.2) is 5.11 Å². The van der Waals surface area contributed by atoms with Crippen molar-refractivity contribution in [1.29, 1.82) is 0 Å². The summed E-state index contributed by atoms with van der Waals surface area (Å²) >= 11 is 4.16. The van der Waals surface area contributed by atoms with Crippen LogP contribution < -0.4 is 11.2 Å². The first-order valence-corrected chi connectivity index (χ1v) is 3.65. The number of thiocarbonyl (C=S) groups is 1. The number of phosphoric acid groups is 1. The summed E-state index contributed by atoms with van der Waals surface area (Å²) in [5, 5.41) is -0.335. The topological polar surface area (TPSA) is 105 Å². The zero-order chi connectivity index (χ0) is 7.49. The molecule has 0 amide bonds. The molecule has 8 heteroatoms. The Labute approximate surface area is 56.2 Å². The van der Waals surface area contributed by atoms with E-state index in [0.29, 0.717) is 0 Å². The van der Waals surface area contributed by atoms with Gasteiger partial charge in [-0.15, -0.1) is 0 Å². The van der Waals surface area contributed by atoms with Crippen molar-refractivity contribution in [2.45, 2.75) is 0 Å². The van der Waals surface area contributed by atoms with E-state index in [1.165, 1.54) is 0 Å². The summed E-state index contributed by atoms with van der Waals surface area (Å²) in [6.45, 7) is 0. The summed E-state index contributed by atoms with van der Waals surface area (Å²) in [5.74, 6) is 0. The van der Waals surface area contributed by atoms with Crippen molar-refractivity contribution in [2.24, 2.45) is 5.73 Å². The van der Waals surface area contributed by atoms with E-state index < -0.39 is 7.82 Å². The maximum absolute atomic E-state index is 9.83.